The summed E-state index contributed by atoms with van der Waals surface area (Å²) in [6, 6.07) is 29.4. The molecular formula is C35H35ClN6O5. The van der Waals surface area contributed by atoms with E-state index >= 15 is 0 Å². The van der Waals surface area contributed by atoms with Crippen LogP contribution in [0.2, 0.25) is 5.02 Å². The monoisotopic (exact) mass is 654 g/mol. The maximum Gasteiger partial charge on any atom is 0.266 e. The molecule has 4 aromatic carbocycles. The molecule has 11 nitrogen and oxygen atoms in total. The Hall–Kier alpha value is -5.06. The van der Waals surface area contributed by atoms with Gasteiger partial charge in [-0.2, -0.15) is 0 Å². The third-order valence-electron chi connectivity index (χ3n) is 7.72. The van der Waals surface area contributed by atoms with Gasteiger partial charge in [0, 0.05) is 41.5 Å². The van der Waals surface area contributed by atoms with E-state index in [1.165, 1.54) is 0 Å². The summed E-state index contributed by atoms with van der Waals surface area (Å²) < 4.78 is 17.8. The molecule has 1 heterocycles. The van der Waals surface area contributed by atoms with Crippen LogP contribution in [0.15, 0.2) is 107 Å². The lowest BCUT2D eigenvalue weighted by Gasteiger charge is -2.31. The molecule has 0 saturated carbocycles. The van der Waals surface area contributed by atoms with Crippen molar-refractivity contribution in [3.63, 3.8) is 0 Å². The van der Waals surface area contributed by atoms with Crippen molar-refractivity contribution in [1.29, 1.82) is 0 Å². The topological polar surface area (TPSA) is 150 Å². The fourth-order valence-electron chi connectivity index (χ4n) is 5.31. The lowest BCUT2D eigenvalue weighted by molar-refractivity contribution is -0.130. The molecule has 0 bridgehead atoms. The first-order valence-electron chi connectivity index (χ1n) is 15.1. The van der Waals surface area contributed by atoms with Crippen molar-refractivity contribution in [1.82, 2.24) is 10.9 Å². The predicted octanol–water partition coefficient (Wildman–Crippen LogP) is 6.24. The largest absolute Gasteiger partial charge is 0.497 e. The van der Waals surface area contributed by atoms with Crippen molar-refractivity contribution in [2.75, 3.05) is 20.3 Å². The summed E-state index contributed by atoms with van der Waals surface area (Å²) >= 11 is 6.05. The summed E-state index contributed by atoms with van der Waals surface area (Å²) in [5.74, 6) is 1.09. The normalized spacial score (nSPS) is 16.8. The van der Waals surface area contributed by atoms with Crippen LogP contribution >= 0.6 is 11.6 Å². The minimum atomic E-state index is -1.50. The van der Waals surface area contributed by atoms with Gasteiger partial charge < -0.3 is 19.3 Å². The van der Waals surface area contributed by atoms with Crippen LogP contribution in [-0.2, 0) is 29.0 Å². The van der Waals surface area contributed by atoms with Crippen molar-refractivity contribution in [3.8, 4) is 11.5 Å². The number of nitrogens with zero attached hydrogens (tertiary/aromatic N) is 4. The molecule has 1 amide bonds. The number of hydrogen-bond acceptors (Lipinski definition) is 8. The average Bonchev–Trinajstić information content (AvgIpc) is 3.49. The highest BCUT2D eigenvalue weighted by Gasteiger charge is 2.53. The van der Waals surface area contributed by atoms with Crippen molar-refractivity contribution in [2.24, 2.45) is 10.1 Å². The summed E-state index contributed by atoms with van der Waals surface area (Å²) in [6.07, 6.45) is -0.213. The number of rotatable bonds is 15. The molecule has 0 saturated heterocycles. The third kappa shape index (κ3) is 8.21. The summed E-state index contributed by atoms with van der Waals surface area (Å²) in [4.78, 5) is 22.5. The molecule has 1 aliphatic rings. The molecule has 47 heavy (non-hydrogen) atoms. The Kier molecular flexibility index (Phi) is 11.3. The number of aliphatic hydroxyl groups is 1. The van der Waals surface area contributed by atoms with Gasteiger partial charge in [0.05, 0.1) is 20.3 Å². The number of aliphatic hydroxyl groups excluding tert-OH is 1. The molecule has 4 aromatic rings. The first-order valence-corrected chi connectivity index (χ1v) is 15.4. The Labute approximate surface area is 277 Å². The minimum absolute atomic E-state index is 0.0408. The van der Waals surface area contributed by atoms with Gasteiger partial charge >= 0.3 is 0 Å². The Bertz CT molecular complexity index is 1740. The quantitative estimate of drug-likeness (QED) is 0.0454. The number of azide groups is 1. The summed E-state index contributed by atoms with van der Waals surface area (Å²) in [5.41, 5.74) is 17.3. The number of ether oxygens (including phenoxy) is 3. The number of hydrazine groups is 1. The second-order valence-corrected chi connectivity index (χ2v) is 11.3. The van der Waals surface area contributed by atoms with E-state index in [0.29, 0.717) is 47.2 Å². The number of benzene rings is 4. The maximum atomic E-state index is 14.5. The number of carbonyl (C=O) groups is 1. The smallest absolute Gasteiger partial charge is 0.266 e. The van der Waals surface area contributed by atoms with E-state index in [1.54, 1.807) is 31.4 Å². The molecule has 2 atom stereocenters. The van der Waals surface area contributed by atoms with E-state index in [4.69, 9.17) is 41.4 Å². The van der Waals surface area contributed by atoms with Gasteiger partial charge in [-0.1, -0.05) is 65.2 Å². The van der Waals surface area contributed by atoms with Crippen LogP contribution in [0, 0.1) is 0 Å². The molecule has 0 aromatic heterocycles. The number of hydrogen-bond donors (Lipinski definition) is 3. The number of amides is 1. The predicted molar refractivity (Wildman–Crippen MR) is 179 cm³/mol. The Morgan fingerprint density at radius 1 is 1.04 bits per heavy atom. The van der Waals surface area contributed by atoms with Crippen LogP contribution in [-0.4, -0.2) is 42.8 Å². The number of nitrogens with one attached hydrogen (secondary N) is 2. The van der Waals surface area contributed by atoms with Gasteiger partial charge in [-0.25, -0.2) is 10.4 Å². The van der Waals surface area contributed by atoms with Crippen LogP contribution < -0.4 is 20.3 Å². The van der Waals surface area contributed by atoms with Crippen LogP contribution in [0.5, 0.6) is 11.5 Å². The molecule has 12 heteroatoms. The molecule has 0 radical (unpaired) electrons. The van der Waals surface area contributed by atoms with Crippen molar-refractivity contribution in [2.45, 2.75) is 37.6 Å². The standard InChI is InChI=1S/C35H35ClN6O5/c1-45-31-9-4-8-26(20-31)32-35(21-27-6-2-3-7-28(27)23-39-42-37,34(44)41-38-22-24-10-14-29(36)15-11-24)40-33(47-32)25-12-16-30(17-13-25)46-19-5-18-43/h2-4,6-17,20,32,38,43H,5,18-19,21-23H2,1H3,(H,41,44)/t32-,35-/m0/s1. The van der Waals surface area contributed by atoms with E-state index in [-0.39, 0.29) is 25.5 Å². The Morgan fingerprint density at radius 2 is 1.81 bits per heavy atom. The maximum absolute atomic E-state index is 14.5. The Balaban J connectivity index is 1.57. The second kappa shape index (κ2) is 16.0. The van der Waals surface area contributed by atoms with E-state index in [0.717, 1.165) is 16.7 Å². The number of methoxy groups -OCH3 is 1. The highest BCUT2D eigenvalue weighted by Crippen LogP contribution is 2.43. The zero-order valence-electron chi connectivity index (χ0n) is 25.8. The molecule has 3 N–H and O–H groups in total. The molecule has 1 aliphatic heterocycles. The van der Waals surface area contributed by atoms with Gasteiger partial charge in [0.1, 0.15) is 11.5 Å². The summed E-state index contributed by atoms with van der Waals surface area (Å²) in [6.45, 7) is 0.871. The third-order valence-corrected chi connectivity index (χ3v) is 7.97. The van der Waals surface area contributed by atoms with Gasteiger partial charge in [-0.3, -0.25) is 10.2 Å². The fourth-order valence-corrected chi connectivity index (χ4v) is 5.43. The molecule has 0 spiro atoms. The SMILES string of the molecule is COc1cccc([C@@H]2OC(c3ccc(OCCCO)cc3)=N[C@]2(Cc2ccccc2CN=[N+]=[N-])C(=O)NNCc2ccc(Cl)cc2)c1. The van der Waals surface area contributed by atoms with E-state index in [9.17, 15) is 4.79 Å². The fraction of sp³-hybridized carbons (Fsp3) is 0.257. The van der Waals surface area contributed by atoms with Gasteiger partial charge in [0.25, 0.3) is 5.91 Å². The van der Waals surface area contributed by atoms with Crippen LogP contribution in [0.25, 0.3) is 10.4 Å². The zero-order chi connectivity index (χ0) is 33.1. The highest BCUT2D eigenvalue weighted by molar-refractivity contribution is 6.30. The molecule has 242 valence electrons. The van der Waals surface area contributed by atoms with Gasteiger partial charge in [0.2, 0.25) is 5.90 Å². The lowest BCUT2D eigenvalue weighted by Crippen LogP contribution is -2.53. The molecule has 5 rings (SSSR count). The van der Waals surface area contributed by atoms with Crippen LogP contribution in [0.3, 0.4) is 0 Å². The minimum Gasteiger partial charge on any atom is -0.497 e. The molecule has 0 aliphatic carbocycles. The van der Waals surface area contributed by atoms with E-state index in [2.05, 4.69) is 20.9 Å². The van der Waals surface area contributed by atoms with Crippen LogP contribution in [0.1, 0.15) is 40.3 Å². The average molecular weight is 655 g/mol. The summed E-state index contributed by atoms with van der Waals surface area (Å²) in [7, 11) is 1.58. The van der Waals surface area contributed by atoms with Crippen molar-refractivity contribution < 1.29 is 24.1 Å². The van der Waals surface area contributed by atoms with E-state index < -0.39 is 17.6 Å². The zero-order valence-corrected chi connectivity index (χ0v) is 26.6. The molecule has 0 unspecified atom stereocenters. The second-order valence-electron chi connectivity index (χ2n) is 10.8. The van der Waals surface area contributed by atoms with Crippen LogP contribution in [0.4, 0.5) is 0 Å². The first-order chi connectivity index (χ1) is 23.0. The van der Waals surface area contributed by atoms with Gasteiger partial charge in [0.15, 0.2) is 11.6 Å². The first kappa shape index (κ1) is 33.3. The Morgan fingerprint density at radius 3 is 2.53 bits per heavy atom. The summed E-state index contributed by atoms with van der Waals surface area (Å²) in [5, 5.41) is 13.5. The number of aliphatic imine (C=N–C) groups is 1. The van der Waals surface area contributed by atoms with E-state index in [1.807, 2.05) is 72.8 Å². The van der Waals surface area contributed by atoms with Gasteiger partial charge in [-0.05, 0) is 76.3 Å². The van der Waals surface area contributed by atoms with Crippen molar-refractivity contribution >= 4 is 23.4 Å². The van der Waals surface area contributed by atoms with Gasteiger partial charge in [-0.15, -0.1) is 0 Å². The highest BCUT2D eigenvalue weighted by atomic mass is 35.5. The lowest BCUT2D eigenvalue weighted by atomic mass is 9.81. The number of carbonyl (C=O) groups excluding carboxylic acids is 1. The number of halogens is 1. The molecular weight excluding hydrogens is 620 g/mol. The molecule has 0 fully saturated rings. The van der Waals surface area contributed by atoms with Crippen molar-refractivity contribution in [3.05, 3.63) is 140 Å².